The Morgan fingerprint density at radius 3 is 2.24 bits per heavy atom. The topological polar surface area (TPSA) is 88.2 Å². The number of nitrogens with zero attached hydrogens (tertiary/aromatic N) is 2. The van der Waals surface area contributed by atoms with Crippen LogP contribution in [0.25, 0.3) is 0 Å². The van der Waals surface area contributed by atoms with Crippen molar-refractivity contribution in [3.05, 3.63) is 77.9 Å². The maximum atomic E-state index is 13.8. The van der Waals surface area contributed by atoms with Crippen LogP contribution in [0.15, 0.2) is 71.6 Å². The van der Waals surface area contributed by atoms with Gasteiger partial charge in [-0.2, -0.15) is 0 Å². The molecule has 0 aliphatic carbocycles. The first-order valence-corrected chi connectivity index (χ1v) is 14.2. The van der Waals surface area contributed by atoms with Gasteiger partial charge in [-0.15, -0.1) is 0 Å². The number of carbonyl (C=O) groups is 1. The highest BCUT2D eigenvalue weighted by Crippen LogP contribution is 2.35. The molecule has 4 rings (SSSR count). The molecule has 0 spiro atoms. The molecule has 0 aromatic heterocycles. The summed E-state index contributed by atoms with van der Waals surface area (Å²) in [6.45, 7) is 3.87. The van der Waals surface area contributed by atoms with Crippen molar-refractivity contribution in [2.75, 3.05) is 43.1 Å². The Hall–Kier alpha value is -3.72. The molecule has 1 saturated heterocycles. The average molecular weight is 538 g/mol. The van der Waals surface area contributed by atoms with E-state index >= 15 is 0 Å². The van der Waals surface area contributed by atoms with E-state index < -0.39 is 22.5 Å². The van der Waals surface area contributed by atoms with Gasteiger partial charge in [-0.1, -0.05) is 29.8 Å². The largest absolute Gasteiger partial charge is 0.497 e. The molecular weight excluding hydrogens is 502 g/mol. The minimum atomic E-state index is -4.09. The second kappa shape index (κ2) is 12.2. The number of nitrogens with one attached hydrogen (secondary N) is 1. The van der Waals surface area contributed by atoms with Crippen LogP contribution in [0.2, 0.25) is 0 Å². The third-order valence-corrected chi connectivity index (χ3v) is 8.47. The molecule has 0 bridgehead atoms. The quantitative estimate of drug-likeness (QED) is 0.409. The molecule has 202 valence electrons. The lowest BCUT2D eigenvalue weighted by molar-refractivity contribution is -0.119. The second-order valence-corrected chi connectivity index (χ2v) is 11.2. The van der Waals surface area contributed by atoms with Gasteiger partial charge in [0.15, 0.2) is 0 Å². The van der Waals surface area contributed by atoms with Crippen LogP contribution < -0.4 is 24.0 Å². The summed E-state index contributed by atoms with van der Waals surface area (Å²) in [5.41, 5.74) is 3.26. The maximum absolute atomic E-state index is 13.8. The van der Waals surface area contributed by atoms with E-state index in [1.54, 1.807) is 30.3 Å². The zero-order valence-corrected chi connectivity index (χ0v) is 23.0. The Balaban J connectivity index is 1.54. The minimum absolute atomic E-state index is 0.0778. The number of aryl methyl sites for hydroxylation is 1. The first-order chi connectivity index (χ1) is 18.3. The zero-order valence-electron chi connectivity index (χ0n) is 22.1. The molecule has 0 unspecified atom stereocenters. The van der Waals surface area contributed by atoms with Crippen molar-refractivity contribution in [1.82, 2.24) is 5.32 Å². The fourth-order valence-corrected chi connectivity index (χ4v) is 5.92. The molecule has 3 aromatic rings. The van der Waals surface area contributed by atoms with Gasteiger partial charge in [0.2, 0.25) is 5.91 Å². The van der Waals surface area contributed by atoms with Crippen LogP contribution in [0.4, 0.5) is 11.4 Å². The van der Waals surface area contributed by atoms with Crippen LogP contribution in [0.5, 0.6) is 11.5 Å². The Bertz CT molecular complexity index is 1340. The van der Waals surface area contributed by atoms with Crippen molar-refractivity contribution in [2.24, 2.45) is 0 Å². The van der Waals surface area contributed by atoms with Crippen molar-refractivity contribution in [3.8, 4) is 11.5 Å². The highest BCUT2D eigenvalue weighted by Gasteiger charge is 2.30. The number of amides is 1. The van der Waals surface area contributed by atoms with Crippen LogP contribution in [-0.4, -0.2) is 48.2 Å². The fraction of sp³-hybridized carbons (Fsp3) is 0.345. The number of ether oxygens (including phenoxy) is 2. The Morgan fingerprint density at radius 2 is 1.61 bits per heavy atom. The summed E-state index contributed by atoms with van der Waals surface area (Å²) >= 11 is 0. The van der Waals surface area contributed by atoms with E-state index in [4.69, 9.17) is 9.47 Å². The van der Waals surface area contributed by atoms with E-state index in [-0.39, 0.29) is 17.1 Å². The maximum Gasteiger partial charge on any atom is 0.264 e. The summed E-state index contributed by atoms with van der Waals surface area (Å²) in [6.07, 6.45) is 3.69. The lowest BCUT2D eigenvalue weighted by Crippen LogP contribution is -2.40. The lowest BCUT2D eigenvalue weighted by Gasteiger charge is -2.29. The molecule has 1 N–H and O–H groups in total. The number of hydrogen-bond donors (Lipinski definition) is 1. The van der Waals surface area contributed by atoms with Crippen molar-refractivity contribution in [3.63, 3.8) is 0 Å². The van der Waals surface area contributed by atoms with E-state index in [0.717, 1.165) is 28.5 Å². The molecule has 1 amide bonds. The molecule has 0 saturated carbocycles. The number of benzene rings is 3. The van der Waals surface area contributed by atoms with Gasteiger partial charge < -0.3 is 19.7 Å². The Morgan fingerprint density at radius 1 is 0.921 bits per heavy atom. The van der Waals surface area contributed by atoms with Gasteiger partial charge in [0.1, 0.15) is 18.0 Å². The van der Waals surface area contributed by atoms with Gasteiger partial charge in [0.25, 0.3) is 10.0 Å². The third kappa shape index (κ3) is 6.39. The number of carbonyl (C=O) groups excluding carboxylic acids is 1. The molecule has 1 aliphatic rings. The van der Waals surface area contributed by atoms with Gasteiger partial charge in [-0.25, -0.2) is 8.42 Å². The zero-order chi connectivity index (χ0) is 27.1. The number of methoxy groups -OCH3 is 2. The smallest absolute Gasteiger partial charge is 0.264 e. The summed E-state index contributed by atoms with van der Waals surface area (Å²) in [7, 11) is -1.15. The fourth-order valence-electron chi connectivity index (χ4n) is 4.49. The monoisotopic (exact) mass is 537 g/mol. The average Bonchev–Trinajstić information content (AvgIpc) is 2.95. The van der Waals surface area contributed by atoms with Gasteiger partial charge in [0.05, 0.1) is 24.8 Å². The molecule has 0 atom stereocenters. The lowest BCUT2D eigenvalue weighted by atomic mass is 10.1. The molecule has 3 aromatic carbocycles. The summed E-state index contributed by atoms with van der Waals surface area (Å²) in [5.74, 6) is 0.312. The van der Waals surface area contributed by atoms with E-state index in [9.17, 15) is 13.2 Å². The molecule has 38 heavy (non-hydrogen) atoms. The number of hydrogen-bond acceptors (Lipinski definition) is 6. The Labute approximate surface area is 225 Å². The molecule has 8 nitrogen and oxygen atoms in total. The van der Waals surface area contributed by atoms with Crippen LogP contribution in [0.1, 0.15) is 30.4 Å². The van der Waals surface area contributed by atoms with E-state index in [1.165, 1.54) is 51.3 Å². The van der Waals surface area contributed by atoms with Crippen LogP contribution in [0, 0.1) is 6.92 Å². The predicted octanol–water partition coefficient (Wildman–Crippen LogP) is 4.51. The molecule has 1 heterocycles. The normalized spacial score (nSPS) is 13.6. The molecule has 1 fully saturated rings. The Kier molecular flexibility index (Phi) is 8.78. The van der Waals surface area contributed by atoms with E-state index in [0.29, 0.717) is 11.5 Å². The summed E-state index contributed by atoms with van der Waals surface area (Å²) in [4.78, 5) is 15.6. The molecule has 0 radical (unpaired) electrons. The molecule has 9 heteroatoms. The summed E-state index contributed by atoms with van der Waals surface area (Å²) in [5, 5.41) is 2.87. The SMILES string of the molecule is COc1ccc(OC)c(N(CC(=O)NCc2ccc(N3CCCCC3)cc2)S(=O)(=O)c2ccc(C)cc2)c1. The van der Waals surface area contributed by atoms with Crippen LogP contribution in [-0.2, 0) is 21.4 Å². The number of anilines is 2. The van der Waals surface area contributed by atoms with Crippen molar-refractivity contribution >= 4 is 27.3 Å². The summed E-state index contributed by atoms with van der Waals surface area (Å²) in [6, 6.07) is 19.5. The standard InChI is InChI=1S/C29H35N3O5S/c1-22-7-14-26(15-8-22)38(34,35)32(27-19-25(36-2)13-16-28(27)37-3)21-29(33)30-20-23-9-11-24(12-10-23)31-17-5-4-6-18-31/h7-16,19H,4-6,17-18,20-21H2,1-3H3,(H,30,33). The van der Waals surface area contributed by atoms with Crippen molar-refractivity contribution < 1.29 is 22.7 Å². The van der Waals surface area contributed by atoms with Crippen molar-refractivity contribution in [2.45, 2.75) is 37.6 Å². The van der Waals surface area contributed by atoms with Crippen LogP contribution >= 0.6 is 0 Å². The number of piperidine rings is 1. The highest BCUT2D eigenvalue weighted by molar-refractivity contribution is 7.92. The molecular formula is C29H35N3O5S. The van der Waals surface area contributed by atoms with Gasteiger partial charge in [-0.3, -0.25) is 9.10 Å². The van der Waals surface area contributed by atoms with Gasteiger partial charge in [-0.05, 0) is 68.1 Å². The minimum Gasteiger partial charge on any atom is -0.497 e. The first kappa shape index (κ1) is 27.3. The second-order valence-electron chi connectivity index (χ2n) is 9.35. The highest BCUT2D eigenvalue weighted by atomic mass is 32.2. The third-order valence-electron chi connectivity index (χ3n) is 6.70. The first-order valence-electron chi connectivity index (χ1n) is 12.7. The van der Waals surface area contributed by atoms with Crippen LogP contribution in [0.3, 0.4) is 0 Å². The van der Waals surface area contributed by atoms with E-state index in [2.05, 4.69) is 22.3 Å². The molecule has 1 aliphatic heterocycles. The summed E-state index contributed by atoms with van der Waals surface area (Å²) < 4.78 is 39.3. The van der Waals surface area contributed by atoms with Gasteiger partial charge >= 0.3 is 0 Å². The number of sulfonamides is 1. The van der Waals surface area contributed by atoms with Gasteiger partial charge in [0, 0.05) is 31.4 Å². The number of rotatable bonds is 10. The predicted molar refractivity (Wildman–Crippen MR) is 150 cm³/mol. The van der Waals surface area contributed by atoms with Crippen molar-refractivity contribution in [1.29, 1.82) is 0 Å². The van der Waals surface area contributed by atoms with E-state index in [1.807, 2.05) is 19.1 Å².